The highest BCUT2D eigenvalue weighted by Crippen LogP contribution is 2.30. The Bertz CT molecular complexity index is 327. The first-order valence-electron chi connectivity index (χ1n) is 8.51. The summed E-state index contributed by atoms with van der Waals surface area (Å²) >= 11 is 0. The third-order valence-corrected chi connectivity index (χ3v) is 5.67. The van der Waals surface area contributed by atoms with E-state index >= 15 is 0 Å². The smallest absolute Gasteiger partial charge is 0.228 e. The predicted molar refractivity (Wildman–Crippen MR) is 80.5 cm³/mol. The standard InChI is InChI=1S/C16H29N3O/c1-2-13-3-5-15(6-4-13)18-7-9-19(10-8-18)16(20)14-11-17-12-14/h13-15,17H,2-12H2,1H3. The van der Waals surface area contributed by atoms with Gasteiger partial charge in [0.1, 0.15) is 0 Å². The molecule has 0 aromatic heterocycles. The summed E-state index contributed by atoms with van der Waals surface area (Å²) in [4.78, 5) is 17.0. The molecule has 1 saturated carbocycles. The van der Waals surface area contributed by atoms with Gasteiger partial charge in [-0.3, -0.25) is 9.69 Å². The Hall–Kier alpha value is -0.610. The van der Waals surface area contributed by atoms with Crippen LogP contribution in [0.15, 0.2) is 0 Å². The largest absolute Gasteiger partial charge is 0.340 e. The average molecular weight is 279 g/mol. The summed E-state index contributed by atoms with van der Waals surface area (Å²) < 4.78 is 0. The van der Waals surface area contributed by atoms with Crippen LogP contribution in [0.25, 0.3) is 0 Å². The Balaban J connectivity index is 1.43. The highest BCUT2D eigenvalue weighted by atomic mass is 16.2. The molecule has 20 heavy (non-hydrogen) atoms. The number of carbonyl (C=O) groups is 1. The van der Waals surface area contributed by atoms with Crippen molar-refractivity contribution in [1.29, 1.82) is 0 Å². The molecule has 3 fully saturated rings. The second-order valence-corrected chi connectivity index (χ2v) is 6.80. The van der Waals surface area contributed by atoms with E-state index in [1.807, 2.05) is 0 Å². The van der Waals surface area contributed by atoms with E-state index in [9.17, 15) is 4.79 Å². The molecule has 4 heteroatoms. The number of nitrogens with one attached hydrogen (secondary N) is 1. The van der Waals surface area contributed by atoms with Crippen molar-refractivity contribution >= 4 is 5.91 Å². The number of carbonyl (C=O) groups excluding carboxylic acids is 1. The maximum Gasteiger partial charge on any atom is 0.228 e. The number of amides is 1. The summed E-state index contributed by atoms with van der Waals surface area (Å²) in [7, 11) is 0. The summed E-state index contributed by atoms with van der Waals surface area (Å²) in [5, 5.41) is 3.19. The minimum absolute atomic E-state index is 0.265. The molecular weight excluding hydrogens is 250 g/mol. The summed E-state index contributed by atoms with van der Waals surface area (Å²) in [6, 6.07) is 0.792. The number of hydrogen-bond acceptors (Lipinski definition) is 3. The zero-order chi connectivity index (χ0) is 13.9. The first kappa shape index (κ1) is 14.3. The van der Waals surface area contributed by atoms with Crippen molar-refractivity contribution in [2.24, 2.45) is 11.8 Å². The van der Waals surface area contributed by atoms with E-state index in [1.165, 1.54) is 32.1 Å². The fraction of sp³-hybridized carbons (Fsp3) is 0.938. The van der Waals surface area contributed by atoms with E-state index in [-0.39, 0.29) is 5.92 Å². The molecule has 1 N–H and O–H groups in total. The Morgan fingerprint density at radius 1 is 1.05 bits per heavy atom. The van der Waals surface area contributed by atoms with Gasteiger partial charge >= 0.3 is 0 Å². The van der Waals surface area contributed by atoms with Crippen molar-refractivity contribution in [3.63, 3.8) is 0 Å². The fourth-order valence-corrected chi connectivity index (χ4v) is 3.95. The lowest BCUT2D eigenvalue weighted by Crippen LogP contribution is -2.57. The van der Waals surface area contributed by atoms with E-state index < -0.39 is 0 Å². The van der Waals surface area contributed by atoms with Gasteiger partial charge in [0.15, 0.2) is 0 Å². The first-order chi connectivity index (χ1) is 9.78. The molecule has 2 aliphatic heterocycles. The van der Waals surface area contributed by atoms with E-state index in [0.29, 0.717) is 5.91 Å². The molecule has 4 nitrogen and oxygen atoms in total. The van der Waals surface area contributed by atoms with Crippen LogP contribution >= 0.6 is 0 Å². The van der Waals surface area contributed by atoms with Crippen LogP contribution in [0.2, 0.25) is 0 Å². The second-order valence-electron chi connectivity index (χ2n) is 6.80. The SMILES string of the molecule is CCC1CCC(N2CCN(C(=O)C3CNC3)CC2)CC1. The monoisotopic (exact) mass is 279 g/mol. The van der Waals surface area contributed by atoms with E-state index in [0.717, 1.165) is 51.2 Å². The van der Waals surface area contributed by atoms with Gasteiger partial charge in [0.05, 0.1) is 5.92 Å². The Morgan fingerprint density at radius 3 is 2.20 bits per heavy atom. The molecule has 0 atom stereocenters. The molecule has 0 radical (unpaired) electrons. The van der Waals surface area contributed by atoms with Crippen LogP contribution < -0.4 is 5.32 Å². The van der Waals surface area contributed by atoms with Crippen LogP contribution in [0, 0.1) is 11.8 Å². The van der Waals surface area contributed by atoms with Crippen molar-refractivity contribution in [2.75, 3.05) is 39.3 Å². The topological polar surface area (TPSA) is 35.6 Å². The van der Waals surface area contributed by atoms with E-state index in [1.54, 1.807) is 0 Å². The molecule has 3 aliphatic rings. The van der Waals surface area contributed by atoms with Gasteiger partial charge in [-0.05, 0) is 31.6 Å². The summed E-state index contributed by atoms with van der Waals surface area (Å²) in [6.45, 7) is 8.18. The molecule has 3 rings (SSSR count). The maximum absolute atomic E-state index is 12.2. The van der Waals surface area contributed by atoms with Gasteiger partial charge in [0, 0.05) is 45.3 Å². The molecule has 2 saturated heterocycles. The molecular formula is C16H29N3O. The molecule has 2 heterocycles. The fourth-order valence-electron chi connectivity index (χ4n) is 3.95. The lowest BCUT2D eigenvalue weighted by Gasteiger charge is -2.43. The van der Waals surface area contributed by atoms with Gasteiger partial charge in [-0.25, -0.2) is 0 Å². The number of rotatable bonds is 3. The van der Waals surface area contributed by atoms with Crippen LogP contribution in [0.1, 0.15) is 39.0 Å². The molecule has 0 unspecified atom stereocenters. The van der Waals surface area contributed by atoms with Gasteiger partial charge in [-0.15, -0.1) is 0 Å². The minimum atomic E-state index is 0.265. The van der Waals surface area contributed by atoms with Crippen molar-refractivity contribution in [1.82, 2.24) is 15.1 Å². The van der Waals surface area contributed by atoms with Crippen LogP contribution in [0.4, 0.5) is 0 Å². The number of nitrogens with zero attached hydrogens (tertiary/aromatic N) is 2. The Morgan fingerprint density at radius 2 is 1.70 bits per heavy atom. The lowest BCUT2D eigenvalue weighted by molar-refractivity contribution is -0.139. The zero-order valence-electron chi connectivity index (χ0n) is 12.8. The highest BCUT2D eigenvalue weighted by molar-refractivity contribution is 5.80. The van der Waals surface area contributed by atoms with Crippen LogP contribution in [0.5, 0.6) is 0 Å². The van der Waals surface area contributed by atoms with E-state index in [2.05, 4.69) is 22.0 Å². The van der Waals surface area contributed by atoms with Crippen LogP contribution in [-0.2, 0) is 4.79 Å². The van der Waals surface area contributed by atoms with Gasteiger partial charge in [0.2, 0.25) is 5.91 Å². The van der Waals surface area contributed by atoms with Gasteiger partial charge < -0.3 is 10.2 Å². The second kappa shape index (κ2) is 6.44. The Labute approximate surface area is 122 Å². The Kier molecular flexibility index (Phi) is 4.61. The van der Waals surface area contributed by atoms with Gasteiger partial charge in [0.25, 0.3) is 0 Å². The van der Waals surface area contributed by atoms with Crippen molar-refractivity contribution in [2.45, 2.75) is 45.1 Å². The molecule has 1 amide bonds. The molecule has 0 aromatic rings. The lowest BCUT2D eigenvalue weighted by atomic mass is 9.84. The summed E-state index contributed by atoms with van der Waals surface area (Å²) in [5.74, 6) is 1.62. The van der Waals surface area contributed by atoms with E-state index in [4.69, 9.17) is 0 Å². The molecule has 0 bridgehead atoms. The normalized spacial score (nSPS) is 33.0. The maximum atomic E-state index is 12.2. The predicted octanol–water partition coefficient (Wildman–Crippen LogP) is 1.32. The van der Waals surface area contributed by atoms with Crippen LogP contribution in [-0.4, -0.2) is 61.0 Å². The third-order valence-electron chi connectivity index (χ3n) is 5.67. The third kappa shape index (κ3) is 3.01. The first-order valence-corrected chi connectivity index (χ1v) is 8.51. The van der Waals surface area contributed by atoms with Crippen LogP contribution in [0.3, 0.4) is 0 Å². The number of piperazine rings is 1. The quantitative estimate of drug-likeness (QED) is 0.846. The minimum Gasteiger partial charge on any atom is -0.340 e. The van der Waals surface area contributed by atoms with Crippen molar-refractivity contribution < 1.29 is 4.79 Å². The molecule has 0 spiro atoms. The average Bonchev–Trinajstić information content (AvgIpc) is 2.46. The van der Waals surface area contributed by atoms with Gasteiger partial charge in [-0.1, -0.05) is 13.3 Å². The highest BCUT2D eigenvalue weighted by Gasteiger charge is 2.33. The summed E-state index contributed by atoms with van der Waals surface area (Å²) in [5.41, 5.74) is 0. The van der Waals surface area contributed by atoms with Crippen molar-refractivity contribution in [3.05, 3.63) is 0 Å². The molecule has 0 aromatic carbocycles. The van der Waals surface area contributed by atoms with Gasteiger partial charge in [-0.2, -0.15) is 0 Å². The zero-order valence-corrected chi connectivity index (χ0v) is 12.8. The molecule has 114 valence electrons. The number of hydrogen-bond donors (Lipinski definition) is 1. The summed E-state index contributed by atoms with van der Waals surface area (Å²) in [6.07, 6.45) is 6.92. The van der Waals surface area contributed by atoms with Crippen molar-refractivity contribution in [3.8, 4) is 0 Å². The molecule has 1 aliphatic carbocycles.